The van der Waals surface area contributed by atoms with E-state index in [0.29, 0.717) is 24.8 Å². The Bertz CT molecular complexity index is 633. The molecule has 0 spiro atoms. The summed E-state index contributed by atoms with van der Waals surface area (Å²) in [5, 5.41) is 4.24. The van der Waals surface area contributed by atoms with E-state index in [4.69, 9.17) is 5.73 Å². The van der Waals surface area contributed by atoms with Crippen molar-refractivity contribution in [3.63, 3.8) is 0 Å². The molecular formula is C15H17FN4O. The van der Waals surface area contributed by atoms with Gasteiger partial charge in [-0.2, -0.15) is 5.10 Å². The molecule has 1 saturated heterocycles. The zero-order valence-electron chi connectivity index (χ0n) is 11.6. The monoisotopic (exact) mass is 288 g/mol. The third-order valence-corrected chi connectivity index (χ3v) is 3.90. The van der Waals surface area contributed by atoms with Crippen molar-refractivity contribution >= 4 is 11.6 Å². The Morgan fingerprint density at radius 3 is 2.76 bits per heavy atom. The largest absolute Gasteiger partial charge is 0.398 e. The summed E-state index contributed by atoms with van der Waals surface area (Å²) in [6, 6.07) is 6.10. The highest BCUT2D eigenvalue weighted by molar-refractivity contribution is 5.99. The molecule has 0 aliphatic carbocycles. The number of nitrogens with two attached hydrogens (primary N) is 1. The van der Waals surface area contributed by atoms with Crippen LogP contribution in [0.4, 0.5) is 10.1 Å². The summed E-state index contributed by atoms with van der Waals surface area (Å²) in [4.78, 5) is 14.2. The maximum absolute atomic E-state index is 13.3. The molecule has 21 heavy (non-hydrogen) atoms. The summed E-state index contributed by atoms with van der Waals surface area (Å²) in [5.41, 5.74) is 6.33. The van der Waals surface area contributed by atoms with E-state index in [1.165, 1.54) is 18.2 Å². The number of carbonyl (C=O) groups is 1. The van der Waals surface area contributed by atoms with Gasteiger partial charge in [-0.15, -0.1) is 0 Å². The summed E-state index contributed by atoms with van der Waals surface area (Å²) in [6.07, 6.45) is 5.36. The number of anilines is 1. The van der Waals surface area contributed by atoms with Gasteiger partial charge in [-0.05, 0) is 37.1 Å². The third-order valence-electron chi connectivity index (χ3n) is 3.90. The Labute approximate surface area is 122 Å². The molecule has 0 atom stereocenters. The minimum absolute atomic E-state index is 0.203. The molecule has 1 aromatic carbocycles. The molecule has 1 aromatic heterocycles. The SMILES string of the molecule is Nc1ccc(F)cc1C(=O)N1CCC(n2cccn2)CC1. The summed E-state index contributed by atoms with van der Waals surface area (Å²) >= 11 is 0. The van der Waals surface area contributed by atoms with Crippen LogP contribution in [0.1, 0.15) is 29.2 Å². The van der Waals surface area contributed by atoms with Crippen molar-refractivity contribution in [2.24, 2.45) is 0 Å². The Balaban J connectivity index is 1.69. The van der Waals surface area contributed by atoms with Crippen LogP contribution in [0.2, 0.25) is 0 Å². The Kier molecular flexibility index (Phi) is 3.60. The molecule has 3 rings (SSSR count). The molecule has 1 aliphatic rings. The van der Waals surface area contributed by atoms with Crippen LogP contribution in [0.25, 0.3) is 0 Å². The van der Waals surface area contributed by atoms with Gasteiger partial charge in [0.25, 0.3) is 5.91 Å². The summed E-state index contributed by atoms with van der Waals surface area (Å²) < 4.78 is 15.2. The van der Waals surface area contributed by atoms with E-state index in [1.807, 2.05) is 16.9 Å². The second-order valence-electron chi connectivity index (χ2n) is 5.24. The first-order valence-electron chi connectivity index (χ1n) is 6.98. The van der Waals surface area contributed by atoms with E-state index in [-0.39, 0.29) is 11.5 Å². The topological polar surface area (TPSA) is 64.2 Å². The molecule has 0 bridgehead atoms. The number of hydrogen-bond donors (Lipinski definition) is 1. The lowest BCUT2D eigenvalue weighted by Crippen LogP contribution is -2.39. The van der Waals surface area contributed by atoms with E-state index in [1.54, 1.807) is 11.1 Å². The fraction of sp³-hybridized carbons (Fsp3) is 0.333. The molecule has 2 aromatic rings. The lowest BCUT2D eigenvalue weighted by atomic mass is 10.0. The number of benzene rings is 1. The van der Waals surface area contributed by atoms with Gasteiger partial charge in [0, 0.05) is 31.2 Å². The van der Waals surface area contributed by atoms with Gasteiger partial charge < -0.3 is 10.6 Å². The number of likely N-dealkylation sites (tertiary alicyclic amines) is 1. The van der Waals surface area contributed by atoms with Gasteiger partial charge in [0.2, 0.25) is 0 Å². The second-order valence-corrected chi connectivity index (χ2v) is 5.24. The van der Waals surface area contributed by atoms with E-state index >= 15 is 0 Å². The maximum atomic E-state index is 13.3. The minimum atomic E-state index is -0.445. The summed E-state index contributed by atoms with van der Waals surface area (Å²) in [6.45, 7) is 1.25. The third kappa shape index (κ3) is 2.74. The number of halogens is 1. The Morgan fingerprint density at radius 2 is 2.10 bits per heavy atom. The average molecular weight is 288 g/mol. The predicted molar refractivity (Wildman–Crippen MR) is 77.2 cm³/mol. The van der Waals surface area contributed by atoms with Crippen molar-refractivity contribution < 1.29 is 9.18 Å². The molecule has 5 nitrogen and oxygen atoms in total. The molecule has 0 saturated carbocycles. The van der Waals surface area contributed by atoms with Crippen LogP contribution in [0.3, 0.4) is 0 Å². The van der Waals surface area contributed by atoms with Gasteiger partial charge in [0.05, 0.1) is 11.6 Å². The zero-order valence-corrected chi connectivity index (χ0v) is 11.6. The van der Waals surface area contributed by atoms with Crippen LogP contribution in [0, 0.1) is 5.82 Å². The predicted octanol–water partition coefficient (Wildman–Crippen LogP) is 2.08. The second kappa shape index (κ2) is 5.55. The number of hydrogen-bond acceptors (Lipinski definition) is 3. The van der Waals surface area contributed by atoms with E-state index in [0.717, 1.165) is 12.8 Å². The van der Waals surface area contributed by atoms with Gasteiger partial charge in [0.1, 0.15) is 5.82 Å². The molecule has 1 amide bonds. The van der Waals surface area contributed by atoms with E-state index < -0.39 is 5.82 Å². The van der Waals surface area contributed by atoms with Crippen LogP contribution in [0.15, 0.2) is 36.7 Å². The Hall–Kier alpha value is -2.37. The van der Waals surface area contributed by atoms with Crippen molar-refractivity contribution in [3.8, 4) is 0 Å². The van der Waals surface area contributed by atoms with Crippen LogP contribution >= 0.6 is 0 Å². The highest BCUT2D eigenvalue weighted by atomic mass is 19.1. The van der Waals surface area contributed by atoms with Crippen LogP contribution < -0.4 is 5.73 Å². The molecule has 0 radical (unpaired) electrons. The van der Waals surface area contributed by atoms with Gasteiger partial charge in [0.15, 0.2) is 0 Å². The lowest BCUT2D eigenvalue weighted by molar-refractivity contribution is 0.0690. The highest BCUT2D eigenvalue weighted by Crippen LogP contribution is 2.24. The molecule has 0 unspecified atom stereocenters. The highest BCUT2D eigenvalue weighted by Gasteiger charge is 2.25. The zero-order chi connectivity index (χ0) is 14.8. The molecule has 2 N–H and O–H groups in total. The molecule has 110 valence electrons. The van der Waals surface area contributed by atoms with Crippen LogP contribution in [-0.4, -0.2) is 33.7 Å². The number of nitrogen functional groups attached to an aromatic ring is 1. The van der Waals surface area contributed by atoms with Crippen LogP contribution in [0.5, 0.6) is 0 Å². The lowest BCUT2D eigenvalue weighted by Gasteiger charge is -2.32. The molecular weight excluding hydrogens is 271 g/mol. The molecule has 1 fully saturated rings. The van der Waals surface area contributed by atoms with Gasteiger partial charge in [-0.1, -0.05) is 0 Å². The van der Waals surface area contributed by atoms with Gasteiger partial charge >= 0.3 is 0 Å². The standard InChI is InChI=1S/C15H17FN4O/c16-11-2-3-14(17)13(10-11)15(21)19-8-4-12(5-9-19)20-7-1-6-18-20/h1-3,6-7,10,12H,4-5,8-9,17H2. The first-order chi connectivity index (χ1) is 10.1. The summed E-state index contributed by atoms with van der Waals surface area (Å²) in [5.74, 6) is -0.648. The molecule has 1 aliphatic heterocycles. The smallest absolute Gasteiger partial charge is 0.256 e. The average Bonchev–Trinajstić information content (AvgIpc) is 3.03. The van der Waals surface area contributed by atoms with Gasteiger partial charge in [-0.3, -0.25) is 9.48 Å². The number of amides is 1. The number of carbonyl (C=O) groups excluding carboxylic acids is 1. The molecule has 6 heteroatoms. The van der Waals surface area contributed by atoms with Crippen molar-refractivity contribution in [3.05, 3.63) is 48.0 Å². The fourth-order valence-corrected chi connectivity index (χ4v) is 2.71. The number of piperidine rings is 1. The van der Waals surface area contributed by atoms with E-state index in [2.05, 4.69) is 5.10 Å². The Morgan fingerprint density at radius 1 is 1.33 bits per heavy atom. The van der Waals surface area contributed by atoms with Crippen molar-refractivity contribution in [2.45, 2.75) is 18.9 Å². The normalized spacial score (nSPS) is 16.1. The van der Waals surface area contributed by atoms with Gasteiger partial charge in [-0.25, -0.2) is 4.39 Å². The quantitative estimate of drug-likeness (QED) is 0.861. The van der Waals surface area contributed by atoms with Crippen molar-refractivity contribution in [2.75, 3.05) is 18.8 Å². The number of aromatic nitrogens is 2. The van der Waals surface area contributed by atoms with Crippen LogP contribution in [-0.2, 0) is 0 Å². The maximum Gasteiger partial charge on any atom is 0.256 e. The number of nitrogens with zero attached hydrogens (tertiary/aromatic N) is 3. The van der Waals surface area contributed by atoms with Crippen molar-refractivity contribution in [1.82, 2.24) is 14.7 Å². The van der Waals surface area contributed by atoms with Crippen molar-refractivity contribution in [1.29, 1.82) is 0 Å². The number of rotatable bonds is 2. The first kappa shape index (κ1) is 13.6. The minimum Gasteiger partial charge on any atom is -0.398 e. The molecule has 2 heterocycles. The fourth-order valence-electron chi connectivity index (χ4n) is 2.71. The summed E-state index contributed by atoms with van der Waals surface area (Å²) in [7, 11) is 0. The first-order valence-corrected chi connectivity index (χ1v) is 6.98. The van der Waals surface area contributed by atoms with E-state index in [9.17, 15) is 9.18 Å².